The van der Waals surface area contributed by atoms with Crippen LogP contribution < -0.4 is 20.1 Å². The Kier molecular flexibility index (Phi) is 8.67. The number of guanidine groups is 1. The van der Waals surface area contributed by atoms with Crippen LogP contribution in [0.2, 0.25) is 0 Å². The fraction of sp³-hybridized carbons (Fsp3) is 0.667. The average Bonchev–Trinajstić information content (AvgIpc) is 2.64. The summed E-state index contributed by atoms with van der Waals surface area (Å²) in [6.45, 7) is 3.70. The lowest BCUT2D eigenvalue weighted by atomic mass is 9.51. The van der Waals surface area contributed by atoms with Gasteiger partial charge in [-0.1, -0.05) is 12.5 Å². The number of ether oxygens (including phenoxy) is 3. The highest BCUT2D eigenvalue weighted by atomic mass is 127. The van der Waals surface area contributed by atoms with Crippen molar-refractivity contribution in [2.24, 2.45) is 10.4 Å². The van der Waals surface area contributed by atoms with Crippen molar-refractivity contribution in [3.05, 3.63) is 23.8 Å². The summed E-state index contributed by atoms with van der Waals surface area (Å²) in [5.74, 6) is 2.40. The topological polar surface area (TPSA) is 64.1 Å². The Morgan fingerprint density at radius 2 is 1.96 bits per heavy atom. The van der Waals surface area contributed by atoms with E-state index < -0.39 is 0 Å². The van der Waals surface area contributed by atoms with Crippen molar-refractivity contribution < 1.29 is 14.2 Å². The second kappa shape index (κ2) is 10.5. The van der Waals surface area contributed by atoms with Gasteiger partial charge in [0, 0.05) is 31.7 Å². The Balaban J connectivity index is 0.00000280. The van der Waals surface area contributed by atoms with Crippen LogP contribution in [-0.2, 0) is 11.2 Å². The molecule has 2 saturated carbocycles. The van der Waals surface area contributed by atoms with Gasteiger partial charge in [-0.3, -0.25) is 4.99 Å². The highest BCUT2D eigenvalue weighted by molar-refractivity contribution is 14.0. The Bertz CT molecular complexity index is 664. The van der Waals surface area contributed by atoms with Crippen LogP contribution in [0, 0.1) is 5.41 Å². The first-order chi connectivity index (χ1) is 13.2. The van der Waals surface area contributed by atoms with E-state index in [-0.39, 0.29) is 24.0 Å². The SMILES string of the molecule is CCOC1CC(NC(=NC)NCCc2ccc(OC)c(OC)c2)C12CCC2.I. The molecule has 158 valence electrons. The van der Waals surface area contributed by atoms with Crippen molar-refractivity contribution in [3.8, 4) is 11.5 Å². The van der Waals surface area contributed by atoms with Crippen LogP contribution in [-0.4, -0.2) is 52.5 Å². The van der Waals surface area contributed by atoms with Crippen molar-refractivity contribution in [2.45, 2.75) is 51.2 Å². The Labute approximate surface area is 185 Å². The van der Waals surface area contributed by atoms with E-state index in [1.165, 1.54) is 24.8 Å². The van der Waals surface area contributed by atoms with Gasteiger partial charge < -0.3 is 24.8 Å². The number of benzene rings is 1. The van der Waals surface area contributed by atoms with Crippen LogP contribution in [0.25, 0.3) is 0 Å². The lowest BCUT2D eigenvalue weighted by molar-refractivity contribution is -0.168. The summed E-state index contributed by atoms with van der Waals surface area (Å²) in [6, 6.07) is 6.51. The second-order valence-electron chi connectivity index (χ2n) is 7.40. The molecule has 0 heterocycles. The molecular formula is C21H34IN3O3. The summed E-state index contributed by atoms with van der Waals surface area (Å²) in [4.78, 5) is 4.41. The van der Waals surface area contributed by atoms with Crippen LogP contribution in [0.15, 0.2) is 23.2 Å². The molecule has 2 N–H and O–H groups in total. The van der Waals surface area contributed by atoms with Crippen LogP contribution in [0.3, 0.4) is 0 Å². The maximum absolute atomic E-state index is 5.94. The number of nitrogens with zero attached hydrogens (tertiary/aromatic N) is 1. The largest absolute Gasteiger partial charge is 0.493 e. The summed E-state index contributed by atoms with van der Waals surface area (Å²) in [6.07, 6.45) is 6.21. The molecule has 2 aliphatic carbocycles. The van der Waals surface area contributed by atoms with E-state index in [1.54, 1.807) is 14.2 Å². The summed E-state index contributed by atoms with van der Waals surface area (Å²) >= 11 is 0. The Morgan fingerprint density at radius 1 is 1.21 bits per heavy atom. The quantitative estimate of drug-likeness (QED) is 0.324. The molecule has 2 unspecified atom stereocenters. The summed E-state index contributed by atoms with van der Waals surface area (Å²) in [5, 5.41) is 7.07. The molecule has 2 atom stereocenters. The van der Waals surface area contributed by atoms with Crippen LogP contribution in [0.4, 0.5) is 0 Å². The zero-order chi connectivity index (χ0) is 19.3. The molecule has 7 heteroatoms. The van der Waals surface area contributed by atoms with Crippen molar-refractivity contribution in [1.29, 1.82) is 0 Å². The van der Waals surface area contributed by atoms with Gasteiger partial charge in [-0.2, -0.15) is 0 Å². The van der Waals surface area contributed by atoms with E-state index in [2.05, 4.69) is 28.6 Å². The number of hydrogen-bond acceptors (Lipinski definition) is 4. The molecule has 0 radical (unpaired) electrons. The molecule has 1 aromatic carbocycles. The fourth-order valence-corrected chi connectivity index (χ4v) is 4.36. The number of methoxy groups -OCH3 is 2. The van der Waals surface area contributed by atoms with E-state index in [0.29, 0.717) is 17.6 Å². The molecule has 2 aliphatic rings. The number of halogens is 1. The second-order valence-corrected chi connectivity index (χ2v) is 7.40. The highest BCUT2D eigenvalue weighted by Gasteiger charge is 2.59. The van der Waals surface area contributed by atoms with Gasteiger partial charge in [0.1, 0.15) is 0 Å². The molecule has 3 rings (SSSR count). The third kappa shape index (κ3) is 4.67. The van der Waals surface area contributed by atoms with Crippen molar-refractivity contribution in [1.82, 2.24) is 10.6 Å². The molecule has 0 aromatic heterocycles. The first-order valence-corrected chi connectivity index (χ1v) is 9.96. The van der Waals surface area contributed by atoms with Crippen molar-refractivity contribution in [2.75, 3.05) is 34.4 Å². The number of aliphatic imine (C=N–C) groups is 1. The molecule has 0 aliphatic heterocycles. The number of hydrogen-bond donors (Lipinski definition) is 2. The molecule has 0 saturated heterocycles. The summed E-state index contributed by atoms with van der Waals surface area (Å²) < 4.78 is 16.6. The number of nitrogens with one attached hydrogen (secondary N) is 2. The standard InChI is InChI=1S/C21H33N3O3.HI/c1-5-27-19-14-18(21(19)10-6-11-21)24-20(22-2)23-12-9-15-7-8-16(25-3)17(13-15)26-4;/h7-8,13,18-19H,5-6,9-12,14H2,1-4H3,(H2,22,23,24);1H. The minimum Gasteiger partial charge on any atom is -0.493 e. The van der Waals surface area contributed by atoms with E-state index in [0.717, 1.165) is 43.5 Å². The predicted octanol–water partition coefficient (Wildman–Crippen LogP) is 3.38. The zero-order valence-electron chi connectivity index (χ0n) is 17.4. The summed E-state index contributed by atoms with van der Waals surface area (Å²) in [5.41, 5.74) is 1.53. The molecule has 2 fully saturated rings. The summed E-state index contributed by atoms with van der Waals surface area (Å²) in [7, 11) is 5.15. The van der Waals surface area contributed by atoms with Gasteiger partial charge in [-0.05, 0) is 50.3 Å². The van der Waals surface area contributed by atoms with Gasteiger partial charge in [0.05, 0.1) is 20.3 Å². The van der Waals surface area contributed by atoms with Crippen LogP contribution in [0.1, 0.15) is 38.2 Å². The van der Waals surface area contributed by atoms with Gasteiger partial charge in [0.2, 0.25) is 0 Å². The smallest absolute Gasteiger partial charge is 0.191 e. The maximum atomic E-state index is 5.94. The molecule has 6 nitrogen and oxygen atoms in total. The molecule has 1 aromatic rings. The minimum atomic E-state index is 0. The fourth-order valence-electron chi connectivity index (χ4n) is 4.36. The monoisotopic (exact) mass is 503 g/mol. The minimum absolute atomic E-state index is 0. The lowest BCUT2D eigenvalue weighted by Gasteiger charge is -2.61. The van der Waals surface area contributed by atoms with Crippen molar-refractivity contribution >= 4 is 29.9 Å². The molecular weight excluding hydrogens is 469 g/mol. The van der Waals surface area contributed by atoms with Gasteiger partial charge >= 0.3 is 0 Å². The van der Waals surface area contributed by atoms with E-state index in [9.17, 15) is 0 Å². The van der Waals surface area contributed by atoms with Gasteiger partial charge in [0.25, 0.3) is 0 Å². The first kappa shape index (κ1) is 23.1. The Hall–Kier alpha value is -1.22. The number of rotatable bonds is 8. The van der Waals surface area contributed by atoms with E-state index >= 15 is 0 Å². The average molecular weight is 503 g/mol. The van der Waals surface area contributed by atoms with Gasteiger partial charge in [-0.15, -0.1) is 24.0 Å². The van der Waals surface area contributed by atoms with Crippen LogP contribution in [0.5, 0.6) is 11.5 Å². The third-order valence-electron chi connectivity index (χ3n) is 6.13. The Morgan fingerprint density at radius 3 is 2.54 bits per heavy atom. The van der Waals surface area contributed by atoms with Gasteiger partial charge in [0.15, 0.2) is 17.5 Å². The molecule has 28 heavy (non-hydrogen) atoms. The molecule has 0 amide bonds. The maximum Gasteiger partial charge on any atom is 0.191 e. The third-order valence-corrected chi connectivity index (χ3v) is 6.13. The predicted molar refractivity (Wildman–Crippen MR) is 123 cm³/mol. The normalized spacial score (nSPS) is 22.5. The first-order valence-electron chi connectivity index (χ1n) is 9.96. The van der Waals surface area contributed by atoms with E-state index in [1.807, 2.05) is 19.2 Å². The zero-order valence-corrected chi connectivity index (χ0v) is 19.7. The highest BCUT2D eigenvalue weighted by Crippen LogP contribution is 2.57. The van der Waals surface area contributed by atoms with Gasteiger partial charge in [-0.25, -0.2) is 0 Å². The van der Waals surface area contributed by atoms with E-state index in [4.69, 9.17) is 14.2 Å². The molecule has 0 bridgehead atoms. The van der Waals surface area contributed by atoms with Crippen LogP contribution >= 0.6 is 24.0 Å². The van der Waals surface area contributed by atoms with Crippen molar-refractivity contribution in [3.63, 3.8) is 0 Å². The molecule has 1 spiro atoms. The lowest BCUT2D eigenvalue weighted by Crippen LogP contribution is -2.68.